The Kier molecular flexibility index (Phi) is 45.6. The first kappa shape index (κ1) is 48.8. The van der Waals surface area contributed by atoms with Crippen LogP contribution in [0.25, 0.3) is 0 Å². The molecular formula is C43H91N3O3. The zero-order valence-electron chi connectivity index (χ0n) is 33.7. The summed E-state index contributed by atoms with van der Waals surface area (Å²) in [7, 11) is 0. The van der Waals surface area contributed by atoms with Gasteiger partial charge in [-0.05, 0) is 32.4 Å². The van der Waals surface area contributed by atoms with Crippen LogP contribution in [-0.2, 0) is 9.47 Å². The number of aliphatic hydroxyl groups is 1. The maximum absolute atomic E-state index is 9.29. The molecule has 0 rings (SSSR count). The molecule has 0 saturated carbocycles. The monoisotopic (exact) mass is 698 g/mol. The lowest BCUT2D eigenvalue weighted by Gasteiger charge is -2.22. The molecule has 296 valence electrons. The predicted octanol–water partition coefficient (Wildman–Crippen LogP) is 10.8. The first-order valence-electron chi connectivity index (χ1n) is 22.2. The molecule has 0 spiro atoms. The maximum Gasteiger partial charge on any atom is 0.0594 e. The molecule has 0 heterocycles. The number of nitrogens with one attached hydrogen (secondary N) is 2. The Balaban J connectivity index is 3.40. The van der Waals surface area contributed by atoms with Crippen LogP contribution in [-0.4, -0.2) is 88.9 Å². The smallest absolute Gasteiger partial charge is 0.0594 e. The fraction of sp³-hybridized carbons (Fsp3) is 1.00. The molecule has 0 aromatic rings. The van der Waals surface area contributed by atoms with E-state index in [2.05, 4.69) is 29.4 Å². The van der Waals surface area contributed by atoms with Crippen molar-refractivity contribution in [1.82, 2.24) is 15.5 Å². The van der Waals surface area contributed by atoms with Crippen molar-refractivity contribution >= 4 is 0 Å². The molecule has 0 saturated heterocycles. The van der Waals surface area contributed by atoms with Gasteiger partial charge in [0.05, 0.1) is 26.4 Å². The summed E-state index contributed by atoms with van der Waals surface area (Å²) in [4.78, 5) is 2.36. The van der Waals surface area contributed by atoms with Crippen molar-refractivity contribution in [2.75, 3.05) is 78.8 Å². The van der Waals surface area contributed by atoms with Crippen molar-refractivity contribution in [3.05, 3.63) is 0 Å². The van der Waals surface area contributed by atoms with Crippen LogP contribution >= 0.6 is 0 Å². The fourth-order valence-corrected chi connectivity index (χ4v) is 6.65. The average Bonchev–Trinajstić information content (AvgIpc) is 3.11. The second kappa shape index (κ2) is 45.8. The minimum absolute atomic E-state index is 0.241. The van der Waals surface area contributed by atoms with Gasteiger partial charge in [0.2, 0.25) is 0 Å². The lowest BCUT2D eigenvalue weighted by molar-refractivity contribution is 0.0733. The summed E-state index contributed by atoms with van der Waals surface area (Å²) in [6.07, 6.45) is 40.3. The standard InChI is InChI=1S/C43H91N3O3/c1-3-5-7-9-11-13-15-17-19-21-23-25-27-29-32-44-34-40-48-42-37-46(36-31-39-47)38-43-49-41-35-45-33-30-28-26-24-22-20-18-16-14-12-10-8-6-4-2/h44-45,47H,3-43H2,1-2H3. The Morgan fingerprint density at radius 3 is 0.959 bits per heavy atom. The Bertz CT molecular complexity index is 524. The molecule has 6 heteroatoms. The topological polar surface area (TPSA) is 66.0 Å². The number of hydrogen-bond donors (Lipinski definition) is 3. The van der Waals surface area contributed by atoms with Gasteiger partial charge in [0.15, 0.2) is 0 Å². The molecule has 0 aromatic heterocycles. The third-order valence-corrected chi connectivity index (χ3v) is 10.00. The molecule has 0 fully saturated rings. The van der Waals surface area contributed by atoms with Gasteiger partial charge in [0, 0.05) is 39.3 Å². The minimum Gasteiger partial charge on any atom is -0.396 e. The molecule has 6 nitrogen and oxygen atoms in total. The average molecular weight is 698 g/mol. The molecule has 0 amide bonds. The fourth-order valence-electron chi connectivity index (χ4n) is 6.65. The molecule has 3 N–H and O–H groups in total. The zero-order chi connectivity index (χ0) is 35.4. The van der Waals surface area contributed by atoms with Gasteiger partial charge < -0.3 is 25.2 Å². The van der Waals surface area contributed by atoms with E-state index in [4.69, 9.17) is 9.47 Å². The molecule has 0 radical (unpaired) electrons. The van der Waals surface area contributed by atoms with Crippen molar-refractivity contribution in [2.24, 2.45) is 0 Å². The number of nitrogens with zero attached hydrogens (tertiary/aromatic N) is 1. The number of hydrogen-bond acceptors (Lipinski definition) is 6. The van der Waals surface area contributed by atoms with E-state index in [0.29, 0.717) is 0 Å². The van der Waals surface area contributed by atoms with Gasteiger partial charge in [-0.2, -0.15) is 0 Å². The van der Waals surface area contributed by atoms with E-state index < -0.39 is 0 Å². The molecule has 49 heavy (non-hydrogen) atoms. The predicted molar refractivity (Wildman–Crippen MR) is 216 cm³/mol. The molecule has 0 unspecified atom stereocenters. The van der Waals surface area contributed by atoms with E-state index in [9.17, 15) is 5.11 Å². The SMILES string of the molecule is CCCCCCCCCCCCCCCCNCCOCCN(CCCO)CCOCCNCCCCCCCCCCCCCCCC. The summed E-state index contributed by atoms with van der Waals surface area (Å²) in [6, 6.07) is 0. The van der Waals surface area contributed by atoms with Gasteiger partial charge in [-0.25, -0.2) is 0 Å². The van der Waals surface area contributed by atoms with Gasteiger partial charge in [-0.15, -0.1) is 0 Å². The van der Waals surface area contributed by atoms with E-state index >= 15 is 0 Å². The maximum atomic E-state index is 9.29. The van der Waals surface area contributed by atoms with Crippen molar-refractivity contribution in [3.8, 4) is 0 Å². The lowest BCUT2D eigenvalue weighted by atomic mass is 10.0. The second-order valence-electron chi connectivity index (χ2n) is 14.8. The van der Waals surface area contributed by atoms with E-state index in [0.717, 1.165) is 78.7 Å². The van der Waals surface area contributed by atoms with Crippen LogP contribution in [0.4, 0.5) is 0 Å². The van der Waals surface area contributed by atoms with Crippen LogP contribution < -0.4 is 10.6 Å². The highest BCUT2D eigenvalue weighted by Gasteiger charge is 2.05. The van der Waals surface area contributed by atoms with E-state index in [1.807, 2.05) is 0 Å². The molecule has 0 aliphatic rings. The van der Waals surface area contributed by atoms with E-state index in [-0.39, 0.29) is 6.61 Å². The zero-order valence-corrected chi connectivity index (χ0v) is 33.7. The third-order valence-electron chi connectivity index (χ3n) is 10.00. The third kappa shape index (κ3) is 43.8. The quantitative estimate of drug-likeness (QED) is 0.0551. The van der Waals surface area contributed by atoms with Crippen molar-refractivity contribution in [3.63, 3.8) is 0 Å². The summed E-state index contributed by atoms with van der Waals surface area (Å²) < 4.78 is 11.8. The highest BCUT2D eigenvalue weighted by atomic mass is 16.5. The number of rotatable bonds is 45. The van der Waals surface area contributed by atoms with Crippen LogP contribution in [0.2, 0.25) is 0 Å². The minimum atomic E-state index is 0.241. The van der Waals surface area contributed by atoms with Gasteiger partial charge in [-0.1, -0.05) is 181 Å². The lowest BCUT2D eigenvalue weighted by Crippen LogP contribution is -2.33. The van der Waals surface area contributed by atoms with Crippen molar-refractivity contribution in [2.45, 2.75) is 200 Å². The van der Waals surface area contributed by atoms with Gasteiger partial charge >= 0.3 is 0 Å². The first-order valence-corrected chi connectivity index (χ1v) is 22.2. The van der Waals surface area contributed by atoms with E-state index in [1.165, 1.54) is 180 Å². The summed E-state index contributed by atoms with van der Waals surface area (Å²) >= 11 is 0. The Hall–Kier alpha value is -0.240. The number of unbranched alkanes of at least 4 members (excludes halogenated alkanes) is 26. The van der Waals surface area contributed by atoms with Crippen molar-refractivity contribution < 1.29 is 14.6 Å². The summed E-state index contributed by atoms with van der Waals surface area (Å²) in [5.74, 6) is 0. The van der Waals surface area contributed by atoms with Crippen LogP contribution in [0.3, 0.4) is 0 Å². The normalized spacial score (nSPS) is 11.8. The largest absolute Gasteiger partial charge is 0.396 e. The second-order valence-corrected chi connectivity index (χ2v) is 14.8. The van der Waals surface area contributed by atoms with Crippen LogP contribution in [0.5, 0.6) is 0 Å². The van der Waals surface area contributed by atoms with Crippen molar-refractivity contribution in [1.29, 1.82) is 0 Å². The van der Waals surface area contributed by atoms with Gasteiger partial charge in [0.25, 0.3) is 0 Å². The number of aliphatic hydroxyl groups excluding tert-OH is 1. The highest BCUT2D eigenvalue weighted by Crippen LogP contribution is 2.14. The van der Waals surface area contributed by atoms with Gasteiger partial charge in [0.1, 0.15) is 0 Å². The Morgan fingerprint density at radius 2 is 0.653 bits per heavy atom. The Labute approximate surface area is 308 Å². The van der Waals surface area contributed by atoms with Crippen LogP contribution in [0, 0.1) is 0 Å². The highest BCUT2D eigenvalue weighted by molar-refractivity contribution is 4.59. The summed E-state index contributed by atoms with van der Waals surface area (Å²) in [5.41, 5.74) is 0. The first-order chi connectivity index (χ1) is 24.3. The molecular weight excluding hydrogens is 606 g/mol. The molecule has 0 atom stereocenters. The molecule has 0 aliphatic heterocycles. The number of ether oxygens (including phenoxy) is 2. The van der Waals surface area contributed by atoms with E-state index in [1.54, 1.807) is 0 Å². The molecule has 0 aliphatic carbocycles. The van der Waals surface area contributed by atoms with Gasteiger partial charge in [-0.3, -0.25) is 4.90 Å². The summed E-state index contributed by atoms with van der Waals surface area (Å²) in [6.45, 7) is 14.6. The van der Waals surface area contributed by atoms with Crippen LogP contribution in [0.1, 0.15) is 200 Å². The summed E-state index contributed by atoms with van der Waals surface area (Å²) in [5, 5.41) is 16.4. The van der Waals surface area contributed by atoms with Crippen LogP contribution in [0.15, 0.2) is 0 Å². The Morgan fingerprint density at radius 1 is 0.347 bits per heavy atom. The molecule has 0 aromatic carbocycles. The molecule has 0 bridgehead atoms.